The molecule has 3 saturated carbocycles. The molecule has 508 valence electrons. The smallest absolute Gasteiger partial charge is 0.394 e. The fraction of sp³-hybridized carbons (Fsp3) is 0.966. The van der Waals surface area contributed by atoms with Gasteiger partial charge in [-0.2, -0.15) is 8.42 Å². The Morgan fingerprint density at radius 1 is 0.602 bits per heavy atom. The third-order valence-electron chi connectivity index (χ3n) is 22.2. The number of aliphatic hydroxyl groups excluding tert-OH is 12. The summed E-state index contributed by atoms with van der Waals surface area (Å²) in [6.45, 7) is 17.4. The second kappa shape index (κ2) is 26.3. The third kappa shape index (κ3) is 12.9. The van der Waals surface area contributed by atoms with Gasteiger partial charge >= 0.3 is 10.4 Å². The van der Waals surface area contributed by atoms with E-state index in [0.29, 0.717) is 25.2 Å². The molecule has 37 atom stereocenters. The average Bonchev–Trinajstić information content (AvgIpc) is 1.38. The zero-order valence-corrected chi connectivity index (χ0v) is 52.3. The normalized spacial score (nSPS) is 53.5. The van der Waals surface area contributed by atoms with Gasteiger partial charge < -0.3 is 118 Å². The molecule has 0 aromatic rings. The molecule has 10 aliphatic rings. The maximum Gasteiger partial charge on any atom is 0.397 e. The highest BCUT2D eigenvalue weighted by molar-refractivity contribution is 7.80. The lowest BCUT2D eigenvalue weighted by Crippen LogP contribution is -2.68. The van der Waals surface area contributed by atoms with Crippen molar-refractivity contribution in [3.63, 3.8) is 0 Å². The molecular weight excluding hydrogens is 1190 g/mol. The van der Waals surface area contributed by atoms with Crippen LogP contribution in [0.15, 0.2) is 11.6 Å². The van der Waals surface area contributed by atoms with Gasteiger partial charge in [0, 0.05) is 0 Å². The molecule has 29 heteroatoms. The number of ether oxygens (including phenoxy) is 11. The van der Waals surface area contributed by atoms with E-state index < -0.39 is 205 Å². The van der Waals surface area contributed by atoms with E-state index >= 15 is 0 Å². The van der Waals surface area contributed by atoms with E-state index in [0.717, 1.165) is 19.3 Å². The maximum atomic E-state index is 12.6. The molecule has 6 aliphatic heterocycles. The molecule has 0 aromatic heterocycles. The Balaban J connectivity index is 0.930. The fourth-order valence-electron chi connectivity index (χ4n) is 17.1. The first kappa shape index (κ1) is 69.5. The summed E-state index contributed by atoms with van der Waals surface area (Å²) in [6, 6.07) is 0. The van der Waals surface area contributed by atoms with Gasteiger partial charge in [0.1, 0.15) is 104 Å². The zero-order valence-electron chi connectivity index (χ0n) is 51.5. The number of rotatable bonds is 18. The average molecular weight is 1290 g/mol. The van der Waals surface area contributed by atoms with Crippen LogP contribution in [0.25, 0.3) is 0 Å². The number of hydrogen-bond acceptors (Lipinski definition) is 27. The minimum absolute atomic E-state index is 0.0274. The molecule has 0 amide bonds. The Bertz CT molecular complexity index is 2510. The van der Waals surface area contributed by atoms with Crippen LogP contribution in [0.3, 0.4) is 0 Å². The number of aliphatic hydroxyl groups is 13. The van der Waals surface area contributed by atoms with Crippen LogP contribution in [0.1, 0.15) is 121 Å². The number of fused-ring (bicyclic) bond motifs is 5. The van der Waals surface area contributed by atoms with Gasteiger partial charge in [0.05, 0.1) is 54.9 Å². The molecule has 10 rings (SSSR count). The predicted octanol–water partition coefficient (Wildman–Crippen LogP) is -1.84. The SMILES string of the molecule is CCC(C(C)C)C1OC1C(C)(O)C1CCC2C3CC(OC4OC(CO)C(O)C(OC5OC(C)C(OC6OC(C)C(O)C(O)C6OC6OC(C)C(O)C(O)C6O)C(O)C5OC5OC(C)C(O)C(O)C5O)C4O)C4CC(OS(=O)(=O)O)CCC4(C)C3=CCC21C. The topological polar surface area (TPSA) is 431 Å². The van der Waals surface area contributed by atoms with Crippen molar-refractivity contribution < 1.29 is 136 Å². The van der Waals surface area contributed by atoms with Crippen molar-refractivity contribution in [3.05, 3.63) is 11.6 Å². The zero-order chi connectivity index (χ0) is 64.3. The minimum Gasteiger partial charge on any atom is -0.394 e. The summed E-state index contributed by atoms with van der Waals surface area (Å²) >= 11 is 0. The Kier molecular flexibility index (Phi) is 20.8. The van der Waals surface area contributed by atoms with Crippen molar-refractivity contribution >= 4 is 10.4 Å². The third-order valence-corrected chi connectivity index (χ3v) is 22.8. The number of hydrogen-bond donors (Lipinski definition) is 14. The monoisotopic (exact) mass is 1290 g/mol. The van der Waals surface area contributed by atoms with E-state index in [4.69, 9.17) is 56.3 Å². The van der Waals surface area contributed by atoms with Crippen molar-refractivity contribution in [1.82, 2.24) is 0 Å². The quantitative estimate of drug-likeness (QED) is 0.0407. The van der Waals surface area contributed by atoms with Crippen LogP contribution >= 0.6 is 0 Å². The van der Waals surface area contributed by atoms with Gasteiger partial charge in [-0.05, 0) is 126 Å². The highest BCUT2D eigenvalue weighted by Crippen LogP contribution is 2.68. The lowest BCUT2D eigenvalue weighted by atomic mass is 9.47. The van der Waals surface area contributed by atoms with E-state index in [1.807, 2.05) is 6.92 Å². The molecule has 0 spiro atoms. The molecule has 28 nitrogen and oxygen atoms in total. The first-order chi connectivity index (χ1) is 41.2. The van der Waals surface area contributed by atoms with Gasteiger partial charge in [-0.15, -0.1) is 0 Å². The minimum atomic E-state index is -4.90. The molecule has 9 fully saturated rings. The molecule has 88 heavy (non-hydrogen) atoms. The second-order valence-corrected chi connectivity index (χ2v) is 29.0. The van der Waals surface area contributed by atoms with Gasteiger partial charge in [-0.1, -0.05) is 52.7 Å². The van der Waals surface area contributed by atoms with Gasteiger partial charge in [-0.3, -0.25) is 4.55 Å². The summed E-state index contributed by atoms with van der Waals surface area (Å²) in [5.41, 5.74) is -1.05. The van der Waals surface area contributed by atoms with E-state index in [2.05, 4.69) is 40.7 Å². The molecule has 37 unspecified atom stereocenters. The van der Waals surface area contributed by atoms with Crippen LogP contribution in [0.2, 0.25) is 0 Å². The molecule has 0 radical (unpaired) electrons. The van der Waals surface area contributed by atoms with Crippen molar-refractivity contribution in [3.8, 4) is 0 Å². The van der Waals surface area contributed by atoms with Gasteiger partial charge in [0.2, 0.25) is 0 Å². The van der Waals surface area contributed by atoms with Crippen molar-refractivity contribution in [1.29, 1.82) is 0 Å². The Morgan fingerprint density at radius 2 is 1.12 bits per heavy atom. The second-order valence-electron chi connectivity index (χ2n) is 28.0. The molecule has 6 saturated heterocycles. The summed E-state index contributed by atoms with van der Waals surface area (Å²) < 4.78 is 108. The largest absolute Gasteiger partial charge is 0.397 e. The molecule has 6 heterocycles. The predicted molar refractivity (Wildman–Crippen MR) is 298 cm³/mol. The molecule has 0 bridgehead atoms. The summed E-state index contributed by atoms with van der Waals surface area (Å²) in [5.74, 6) is -0.149. The van der Waals surface area contributed by atoms with E-state index in [-0.39, 0.29) is 48.7 Å². The Morgan fingerprint density at radius 3 is 1.68 bits per heavy atom. The summed E-state index contributed by atoms with van der Waals surface area (Å²) in [5, 5.41) is 147. The Hall–Kier alpha value is -1.35. The summed E-state index contributed by atoms with van der Waals surface area (Å²) in [4.78, 5) is 0. The highest BCUT2D eigenvalue weighted by Gasteiger charge is 2.67. The van der Waals surface area contributed by atoms with Crippen LogP contribution in [-0.2, 0) is 66.7 Å². The molecular formula is C59H98O28S. The van der Waals surface area contributed by atoms with Gasteiger partial charge in [-0.25, -0.2) is 4.18 Å². The summed E-state index contributed by atoms with van der Waals surface area (Å²) in [6.07, 6.45) is -38.0. The van der Waals surface area contributed by atoms with Gasteiger partial charge in [0.15, 0.2) is 31.5 Å². The van der Waals surface area contributed by atoms with E-state index in [1.165, 1.54) is 33.3 Å². The van der Waals surface area contributed by atoms with Crippen molar-refractivity contribution in [2.24, 2.45) is 46.3 Å². The number of allylic oxidation sites excluding steroid dienone is 2. The molecule has 0 aromatic carbocycles. The van der Waals surface area contributed by atoms with Crippen LogP contribution in [-0.4, -0.2) is 270 Å². The van der Waals surface area contributed by atoms with Crippen LogP contribution in [0.5, 0.6) is 0 Å². The molecule has 14 N–H and O–H groups in total. The van der Waals surface area contributed by atoms with E-state index in [1.54, 1.807) is 0 Å². The standard InChI is InChI=1S/C59H98O28S/c1-11-27(21(2)3)47-51(82-47)59(10,72)34-13-12-29-28-19-32(31-18-26(87-88(73,74)75)14-16-57(31,8)30(28)15-17-58(29,34)9)80-54-45(71)48(38(64)33(20-60)81-54)84-56-50(86-53-43(69)40(66)36(62)23(5)77-53)44(70)46(25(7)79-56)83-55-49(41(67)37(63)24(6)78-55)85-52-42(68)39(65)35(61)22(4)76-52/h15,21-29,31-56,60-72H,11-14,16-20H2,1-10H3,(H,73,74,75). The summed E-state index contributed by atoms with van der Waals surface area (Å²) in [7, 11) is -4.90. The lowest BCUT2D eigenvalue weighted by Gasteiger charge is -2.60. The molecule has 4 aliphatic carbocycles. The van der Waals surface area contributed by atoms with Crippen LogP contribution in [0.4, 0.5) is 0 Å². The van der Waals surface area contributed by atoms with Crippen LogP contribution < -0.4 is 0 Å². The first-order valence-electron chi connectivity index (χ1n) is 31.5. The fourth-order valence-corrected chi connectivity index (χ4v) is 17.7. The Labute approximate surface area is 513 Å². The maximum absolute atomic E-state index is 12.6. The first-order valence-corrected chi connectivity index (χ1v) is 32.9. The van der Waals surface area contributed by atoms with E-state index in [9.17, 15) is 79.4 Å². The lowest BCUT2D eigenvalue weighted by molar-refractivity contribution is -0.406. The van der Waals surface area contributed by atoms with Crippen molar-refractivity contribution in [2.75, 3.05) is 6.61 Å². The van der Waals surface area contributed by atoms with Gasteiger partial charge in [0.25, 0.3) is 0 Å². The number of epoxide rings is 1. The van der Waals surface area contributed by atoms with Crippen molar-refractivity contribution in [2.45, 2.75) is 304 Å². The van der Waals surface area contributed by atoms with Crippen LogP contribution in [0, 0.1) is 46.3 Å². The highest BCUT2D eigenvalue weighted by atomic mass is 32.3.